The maximum atomic E-state index is 12.5. The zero-order valence-corrected chi connectivity index (χ0v) is 17.9. The number of piperidine rings is 1. The molecule has 3 N–H and O–H groups in total. The molecule has 3 rings (SSSR count). The van der Waals surface area contributed by atoms with Gasteiger partial charge in [-0.05, 0) is 62.5 Å². The molecular weight excluding hydrogens is 392 g/mol. The molecule has 8 nitrogen and oxygen atoms in total. The highest BCUT2D eigenvalue weighted by Gasteiger charge is 2.19. The van der Waals surface area contributed by atoms with E-state index < -0.39 is 0 Å². The molecule has 2 heterocycles. The van der Waals surface area contributed by atoms with Gasteiger partial charge in [-0.3, -0.25) is 9.59 Å². The second-order valence-corrected chi connectivity index (χ2v) is 7.65. The molecule has 2 amide bonds. The average Bonchev–Trinajstić information content (AvgIpc) is 3.18. The zero-order chi connectivity index (χ0) is 20.1. The van der Waals surface area contributed by atoms with E-state index in [0.29, 0.717) is 23.7 Å². The van der Waals surface area contributed by atoms with Gasteiger partial charge in [0.25, 0.3) is 11.8 Å². The number of anilines is 1. The number of hydrogen-bond acceptors (Lipinski definition) is 5. The first-order chi connectivity index (χ1) is 13.4. The zero-order valence-electron chi connectivity index (χ0n) is 17.1. The van der Waals surface area contributed by atoms with Crippen LogP contribution in [-0.4, -0.2) is 46.4 Å². The average molecular weight is 421 g/mol. The highest BCUT2D eigenvalue weighted by Crippen LogP contribution is 2.19. The molecule has 2 aromatic rings. The van der Waals surface area contributed by atoms with Crippen LogP contribution in [0.25, 0.3) is 0 Å². The SMILES string of the molecule is Cc1cc(C(=O)NCC(C)C)ccc1NC(=O)c1cn(C2CCNCC2)nn1.Cl. The Morgan fingerprint density at radius 1 is 1.24 bits per heavy atom. The summed E-state index contributed by atoms with van der Waals surface area (Å²) in [5, 5.41) is 17.2. The van der Waals surface area contributed by atoms with Crippen LogP contribution in [0.2, 0.25) is 0 Å². The largest absolute Gasteiger partial charge is 0.352 e. The van der Waals surface area contributed by atoms with Crippen LogP contribution in [0.1, 0.15) is 59.1 Å². The van der Waals surface area contributed by atoms with Crippen LogP contribution in [0.5, 0.6) is 0 Å². The Morgan fingerprint density at radius 3 is 2.62 bits per heavy atom. The minimum atomic E-state index is -0.305. The summed E-state index contributed by atoms with van der Waals surface area (Å²) >= 11 is 0. The lowest BCUT2D eigenvalue weighted by Gasteiger charge is -2.22. The normalized spacial score (nSPS) is 14.3. The van der Waals surface area contributed by atoms with E-state index >= 15 is 0 Å². The fourth-order valence-corrected chi connectivity index (χ4v) is 3.16. The number of aromatic nitrogens is 3. The molecule has 0 spiro atoms. The molecule has 1 aromatic carbocycles. The number of carbonyl (C=O) groups excluding carboxylic acids is 2. The van der Waals surface area contributed by atoms with Crippen molar-refractivity contribution in [1.82, 2.24) is 25.6 Å². The molecule has 158 valence electrons. The molecule has 1 fully saturated rings. The van der Waals surface area contributed by atoms with Gasteiger partial charge < -0.3 is 16.0 Å². The fraction of sp³-hybridized carbons (Fsp3) is 0.500. The summed E-state index contributed by atoms with van der Waals surface area (Å²) in [7, 11) is 0. The molecule has 0 saturated carbocycles. The topological polar surface area (TPSA) is 101 Å². The standard InChI is InChI=1S/C20H28N6O2.ClH/c1-13(2)11-22-19(27)15-4-5-17(14(3)10-15)23-20(28)18-12-26(25-24-18)16-6-8-21-9-7-16;/h4-5,10,12-13,16,21H,6-9,11H2,1-3H3,(H,22,27)(H,23,28);1H. The van der Waals surface area contributed by atoms with Crippen molar-refractivity contribution in [2.45, 2.75) is 39.7 Å². The number of hydrogen-bond donors (Lipinski definition) is 3. The van der Waals surface area contributed by atoms with Gasteiger partial charge in [0.1, 0.15) is 0 Å². The number of carbonyl (C=O) groups is 2. The number of nitrogens with one attached hydrogen (secondary N) is 3. The van der Waals surface area contributed by atoms with Gasteiger partial charge in [0.2, 0.25) is 0 Å². The number of nitrogens with zero attached hydrogens (tertiary/aromatic N) is 3. The Labute approximate surface area is 177 Å². The molecule has 1 aliphatic heterocycles. The van der Waals surface area contributed by atoms with Crippen LogP contribution in [0.15, 0.2) is 24.4 Å². The summed E-state index contributed by atoms with van der Waals surface area (Å²) in [5.74, 6) is -0.0261. The van der Waals surface area contributed by atoms with Gasteiger partial charge in [0.05, 0.1) is 12.2 Å². The highest BCUT2D eigenvalue weighted by atomic mass is 35.5. The quantitative estimate of drug-likeness (QED) is 0.666. The van der Waals surface area contributed by atoms with Crippen molar-refractivity contribution < 1.29 is 9.59 Å². The first-order valence-corrected chi connectivity index (χ1v) is 9.77. The maximum Gasteiger partial charge on any atom is 0.277 e. The first-order valence-electron chi connectivity index (χ1n) is 9.77. The van der Waals surface area contributed by atoms with Crippen LogP contribution < -0.4 is 16.0 Å². The lowest BCUT2D eigenvalue weighted by Crippen LogP contribution is -2.29. The highest BCUT2D eigenvalue weighted by molar-refractivity contribution is 6.03. The molecule has 1 aromatic heterocycles. The number of rotatable bonds is 6. The van der Waals surface area contributed by atoms with Crippen molar-refractivity contribution in [2.24, 2.45) is 5.92 Å². The smallest absolute Gasteiger partial charge is 0.277 e. The van der Waals surface area contributed by atoms with E-state index in [-0.39, 0.29) is 36.0 Å². The van der Waals surface area contributed by atoms with Gasteiger partial charge in [-0.1, -0.05) is 19.1 Å². The number of aryl methyl sites for hydroxylation is 1. The predicted molar refractivity (Wildman–Crippen MR) is 115 cm³/mol. The molecule has 0 atom stereocenters. The van der Waals surface area contributed by atoms with Crippen molar-refractivity contribution in [3.8, 4) is 0 Å². The van der Waals surface area contributed by atoms with E-state index in [2.05, 4.69) is 26.3 Å². The summed E-state index contributed by atoms with van der Waals surface area (Å²) in [6.45, 7) is 8.48. The monoisotopic (exact) mass is 420 g/mol. The van der Waals surface area contributed by atoms with Gasteiger partial charge in [0, 0.05) is 17.8 Å². The molecule has 0 bridgehead atoms. The third-order valence-corrected chi connectivity index (χ3v) is 4.83. The van der Waals surface area contributed by atoms with Crippen molar-refractivity contribution in [1.29, 1.82) is 0 Å². The summed E-state index contributed by atoms with van der Waals surface area (Å²) in [4.78, 5) is 24.7. The van der Waals surface area contributed by atoms with E-state index in [4.69, 9.17) is 0 Å². The summed E-state index contributed by atoms with van der Waals surface area (Å²) in [6, 6.07) is 5.51. The van der Waals surface area contributed by atoms with Gasteiger partial charge in [-0.25, -0.2) is 4.68 Å². The van der Waals surface area contributed by atoms with E-state index in [1.807, 2.05) is 20.8 Å². The van der Waals surface area contributed by atoms with Crippen LogP contribution in [0.4, 0.5) is 5.69 Å². The Morgan fingerprint density at radius 2 is 1.97 bits per heavy atom. The second-order valence-electron chi connectivity index (χ2n) is 7.65. The molecule has 29 heavy (non-hydrogen) atoms. The number of halogens is 1. The van der Waals surface area contributed by atoms with Crippen molar-refractivity contribution in [2.75, 3.05) is 25.0 Å². The van der Waals surface area contributed by atoms with Crippen LogP contribution in [0.3, 0.4) is 0 Å². The first kappa shape index (κ1) is 22.8. The third-order valence-electron chi connectivity index (χ3n) is 4.83. The molecule has 0 aliphatic carbocycles. The summed E-state index contributed by atoms with van der Waals surface area (Å²) in [6.07, 6.45) is 3.65. The van der Waals surface area contributed by atoms with E-state index in [1.54, 1.807) is 29.1 Å². The van der Waals surface area contributed by atoms with E-state index in [1.165, 1.54) is 0 Å². The predicted octanol–water partition coefficient (Wildman–Crippen LogP) is 2.57. The minimum absolute atomic E-state index is 0. The van der Waals surface area contributed by atoms with Crippen molar-refractivity contribution >= 4 is 29.9 Å². The lowest BCUT2D eigenvalue weighted by molar-refractivity contribution is 0.0948. The van der Waals surface area contributed by atoms with Gasteiger partial charge in [-0.2, -0.15) is 0 Å². The minimum Gasteiger partial charge on any atom is -0.352 e. The van der Waals surface area contributed by atoms with E-state index in [9.17, 15) is 9.59 Å². The Hall–Kier alpha value is -2.45. The number of amides is 2. The number of benzene rings is 1. The van der Waals surface area contributed by atoms with Crippen molar-refractivity contribution in [3.63, 3.8) is 0 Å². The third kappa shape index (κ3) is 6.01. The molecule has 1 saturated heterocycles. The Kier molecular flexibility index (Phi) is 8.16. The Balaban J connectivity index is 0.00000300. The van der Waals surface area contributed by atoms with E-state index in [0.717, 1.165) is 31.5 Å². The van der Waals surface area contributed by atoms with Crippen molar-refractivity contribution in [3.05, 3.63) is 41.2 Å². The Bertz CT molecular complexity index is 845. The maximum absolute atomic E-state index is 12.5. The summed E-state index contributed by atoms with van der Waals surface area (Å²) in [5.41, 5.74) is 2.34. The summed E-state index contributed by atoms with van der Waals surface area (Å²) < 4.78 is 1.78. The van der Waals surface area contributed by atoms with Crippen LogP contribution >= 0.6 is 12.4 Å². The second kappa shape index (κ2) is 10.4. The molecule has 1 aliphatic rings. The van der Waals surface area contributed by atoms with Crippen LogP contribution in [-0.2, 0) is 0 Å². The van der Waals surface area contributed by atoms with Gasteiger partial charge >= 0.3 is 0 Å². The molecule has 0 radical (unpaired) electrons. The fourth-order valence-electron chi connectivity index (χ4n) is 3.16. The molecule has 9 heteroatoms. The lowest BCUT2D eigenvalue weighted by atomic mass is 10.1. The van der Waals surface area contributed by atoms with Gasteiger partial charge in [-0.15, -0.1) is 17.5 Å². The van der Waals surface area contributed by atoms with Gasteiger partial charge in [0.15, 0.2) is 5.69 Å². The molecule has 0 unspecified atom stereocenters. The van der Waals surface area contributed by atoms with Crippen LogP contribution in [0, 0.1) is 12.8 Å². The molecular formula is C20H29ClN6O2.